The second-order valence-corrected chi connectivity index (χ2v) is 5.16. The lowest BCUT2D eigenvalue weighted by Crippen LogP contribution is -2.49. The van der Waals surface area contributed by atoms with Gasteiger partial charge < -0.3 is 10.0 Å². The summed E-state index contributed by atoms with van der Waals surface area (Å²) in [7, 11) is 0. The van der Waals surface area contributed by atoms with Gasteiger partial charge in [-0.05, 0) is 37.1 Å². The van der Waals surface area contributed by atoms with E-state index in [1.165, 1.54) is 5.56 Å². The minimum atomic E-state index is 0.117. The fourth-order valence-electron chi connectivity index (χ4n) is 2.37. The summed E-state index contributed by atoms with van der Waals surface area (Å²) in [6.45, 7) is 8.14. The number of carbonyl (C=O) groups excluding carboxylic acids is 1. The van der Waals surface area contributed by atoms with Crippen LogP contribution in [-0.2, 0) is 0 Å². The second-order valence-electron chi connectivity index (χ2n) is 5.16. The average molecular weight is 262 g/mol. The Hall–Kier alpha value is -1.39. The quantitative estimate of drug-likeness (QED) is 0.885. The maximum atomic E-state index is 12.4. The predicted octanol–water partition coefficient (Wildman–Crippen LogP) is 1.05. The summed E-state index contributed by atoms with van der Waals surface area (Å²) in [6, 6.07) is 5.88. The van der Waals surface area contributed by atoms with Gasteiger partial charge in [-0.1, -0.05) is 6.07 Å². The van der Waals surface area contributed by atoms with E-state index in [-0.39, 0.29) is 12.5 Å². The van der Waals surface area contributed by atoms with Crippen LogP contribution in [-0.4, -0.2) is 60.1 Å². The Morgan fingerprint density at radius 3 is 2.42 bits per heavy atom. The number of amides is 1. The number of β-amino-alcohol motifs (C(OH)–C–C–N with tert-alkyl or cyclic N) is 1. The number of carbonyl (C=O) groups is 1. The topological polar surface area (TPSA) is 43.8 Å². The minimum Gasteiger partial charge on any atom is -0.395 e. The van der Waals surface area contributed by atoms with Crippen LogP contribution < -0.4 is 0 Å². The van der Waals surface area contributed by atoms with Crippen molar-refractivity contribution in [1.29, 1.82) is 0 Å². The first kappa shape index (κ1) is 14.0. The number of hydrogen-bond donors (Lipinski definition) is 1. The third-order valence-electron chi connectivity index (χ3n) is 3.83. The van der Waals surface area contributed by atoms with Gasteiger partial charge in [0, 0.05) is 38.3 Å². The highest BCUT2D eigenvalue weighted by atomic mass is 16.3. The third-order valence-corrected chi connectivity index (χ3v) is 3.83. The van der Waals surface area contributed by atoms with Crippen LogP contribution in [0.1, 0.15) is 21.5 Å². The molecule has 104 valence electrons. The Bertz CT molecular complexity index is 451. The fraction of sp³-hybridized carbons (Fsp3) is 0.533. The van der Waals surface area contributed by atoms with Crippen molar-refractivity contribution < 1.29 is 9.90 Å². The molecule has 0 aliphatic carbocycles. The van der Waals surface area contributed by atoms with Gasteiger partial charge in [-0.25, -0.2) is 0 Å². The molecule has 0 spiro atoms. The van der Waals surface area contributed by atoms with Crippen molar-refractivity contribution in [1.82, 2.24) is 9.80 Å². The molecule has 0 unspecified atom stereocenters. The number of nitrogens with zero attached hydrogens (tertiary/aromatic N) is 2. The third kappa shape index (κ3) is 3.33. The highest BCUT2D eigenvalue weighted by Crippen LogP contribution is 2.13. The van der Waals surface area contributed by atoms with Crippen LogP contribution in [0, 0.1) is 13.8 Å². The minimum absolute atomic E-state index is 0.117. The molecular weight excluding hydrogens is 240 g/mol. The van der Waals surface area contributed by atoms with Gasteiger partial charge in [0.25, 0.3) is 5.91 Å². The van der Waals surface area contributed by atoms with Crippen LogP contribution >= 0.6 is 0 Å². The molecule has 1 amide bonds. The summed E-state index contributed by atoms with van der Waals surface area (Å²) in [6.07, 6.45) is 0. The van der Waals surface area contributed by atoms with Gasteiger partial charge in [-0.2, -0.15) is 0 Å². The molecule has 0 bridgehead atoms. The first-order chi connectivity index (χ1) is 9.11. The van der Waals surface area contributed by atoms with Crippen LogP contribution in [0.25, 0.3) is 0 Å². The molecule has 1 aliphatic rings. The molecular formula is C15H22N2O2. The molecule has 1 N–H and O–H groups in total. The molecule has 4 nitrogen and oxygen atoms in total. The Kier molecular flexibility index (Phi) is 4.56. The van der Waals surface area contributed by atoms with Gasteiger partial charge in [0.2, 0.25) is 0 Å². The SMILES string of the molecule is Cc1ccc(C(=O)N2CCN(CCO)CC2)cc1C. The molecule has 0 radical (unpaired) electrons. The van der Waals surface area contributed by atoms with Crippen molar-refractivity contribution >= 4 is 5.91 Å². The van der Waals surface area contributed by atoms with Gasteiger partial charge in [-0.15, -0.1) is 0 Å². The Labute approximate surface area is 114 Å². The zero-order valence-corrected chi connectivity index (χ0v) is 11.7. The number of piperazine rings is 1. The predicted molar refractivity (Wildman–Crippen MR) is 75.3 cm³/mol. The standard InChI is InChI=1S/C15H22N2O2/c1-12-3-4-14(11-13(12)2)15(19)17-7-5-16(6-8-17)9-10-18/h3-4,11,18H,5-10H2,1-2H3. The summed E-state index contributed by atoms with van der Waals surface area (Å²) < 4.78 is 0. The Balaban J connectivity index is 1.99. The zero-order chi connectivity index (χ0) is 13.8. The van der Waals surface area contributed by atoms with Crippen molar-refractivity contribution in [2.24, 2.45) is 0 Å². The highest BCUT2D eigenvalue weighted by Gasteiger charge is 2.21. The molecule has 0 atom stereocenters. The summed E-state index contributed by atoms with van der Waals surface area (Å²) in [4.78, 5) is 16.5. The van der Waals surface area contributed by atoms with E-state index in [4.69, 9.17) is 5.11 Å². The van der Waals surface area contributed by atoms with Gasteiger partial charge in [0.1, 0.15) is 0 Å². The maximum Gasteiger partial charge on any atom is 0.253 e. The zero-order valence-electron chi connectivity index (χ0n) is 11.7. The van der Waals surface area contributed by atoms with Gasteiger partial charge in [0.05, 0.1) is 6.61 Å². The van der Waals surface area contributed by atoms with Crippen molar-refractivity contribution in [3.63, 3.8) is 0 Å². The van der Waals surface area contributed by atoms with Crippen LogP contribution in [0.3, 0.4) is 0 Å². The number of aliphatic hydroxyl groups excluding tert-OH is 1. The van der Waals surface area contributed by atoms with Gasteiger partial charge >= 0.3 is 0 Å². The van der Waals surface area contributed by atoms with E-state index >= 15 is 0 Å². The van der Waals surface area contributed by atoms with E-state index in [1.807, 2.05) is 30.0 Å². The summed E-state index contributed by atoms with van der Waals surface area (Å²) >= 11 is 0. The second kappa shape index (κ2) is 6.17. The first-order valence-corrected chi connectivity index (χ1v) is 6.81. The van der Waals surface area contributed by atoms with Crippen LogP contribution in [0.2, 0.25) is 0 Å². The van der Waals surface area contributed by atoms with Crippen molar-refractivity contribution in [3.8, 4) is 0 Å². The molecule has 1 aromatic carbocycles. The van der Waals surface area contributed by atoms with Crippen molar-refractivity contribution in [2.45, 2.75) is 13.8 Å². The molecule has 19 heavy (non-hydrogen) atoms. The lowest BCUT2D eigenvalue weighted by atomic mass is 10.1. The fourth-order valence-corrected chi connectivity index (χ4v) is 2.37. The van der Waals surface area contributed by atoms with Crippen LogP contribution in [0.15, 0.2) is 18.2 Å². The number of aryl methyl sites for hydroxylation is 2. The molecule has 1 aromatic rings. The number of rotatable bonds is 3. The van der Waals surface area contributed by atoms with E-state index in [0.717, 1.165) is 37.3 Å². The van der Waals surface area contributed by atoms with E-state index in [0.29, 0.717) is 6.54 Å². The van der Waals surface area contributed by atoms with Crippen LogP contribution in [0.4, 0.5) is 0 Å². The largest absolute Gasteiger partial charge is 0.395 e. The van der Waals surface area contributed by atoms with Gasteiger partial charge in [0.15, 0.2) is 0 Å². The normalized spacial score (nSPS) is 16.7. The molecule has 4 heteroatoms. The summed E-state index contributed by atoms with van der Waals surface area (Å²) in [5.74, 6) is 0.117. The molecule has 1 heterocycles. The number of hydrogen-bond acceptors (Lipinski definition) is 3. The molecule has 1 saturated heterocycles. The Morgan fingerprint density at radius 2 is 1.84 bits per heavy atom. The van der Waals surface area contributed by atoms with E-state index in [2.05, 4.69) is 11.8 Å². The molecule has 1 fully saturated rings. The lowest BCUT2D eigenvalue weighted by Gasteiger charge is -2.34. The number of aliphatic hydroxyl groups is 1. The molecule has 0 saturated carbocycles. The van der Waals surface area contributed by atoms with E-state index in [1.54, 1.807) is 0 Å². The maximum absolute atomic E-state index is 12.4. The lowest BCUT2D eigenvalue weighted by molar-refractivity contribution is 0.0615. The molecule has 2 rings (SSSR count). The summed E-state index contributed by atoms with van der Waals surface area (Å²) in [5.41, 5.74) is 3.15. The molecule has 1 aliphatic heterocycles. The summed E-state index contributed by atoms with van der Waals surface area (Å²) in [5, 5.41) is 8.91. The Morgan fingerprint density at radius 1 is 1.16 bits per heavy atom. The average Bonchev–Trinajstić information content (AvgIpc) is 2.42. The molecule has 0 aromatic heterocycles. The smallest absolute Gasteiger partial charge is 0.253 e. The number of benzene rings is 1. The van der Waals surface area contributed by atoms with Crippen molar-refractivity contribution in [2.75, 3.05) is 39.3 Å². The van der Waals surface area contributed by atoms with Crippen molar-refractivity contribution in [3.05, 3.63) is 34.9 Å². The van der Waals surface area contributed by atoms with Crippen LogP contribution in [0.5, 0.6) is 0 Å². The van der Waals surface area contributed by atoms with E-state index in [9.17, 15) is 4.79 Å². The van der Waals surface area contributed by atoms with Gasteiger partial charge in [-0.3, -0.25) is 9.69 Å². The highest BCUT2D eigenvalue weighted by molar-refractivity contribution is 5.94. The van der Waals surface area contributed by atoms with E-state index < -0.39 is 0 Å². The first-order valence-electron chi connectivity index (χ1n) is 6.81. The monoisotopic (exact) mass is 262 g/mol.